The molecule has 25 heavy (non-hydrogen) atoms. The Morgan fingerprint density at radius 1 is 1.24 bits per heavy atom. The Morgan fingerprint density at radius 3 is 2.52 bits per heavy atom. The number of nitrogens with two attached hydrogens (primary N) is 1. The molecular formula is C17H25ClN4O3. The van der Waals surface area contributed by atoms with Crippen LogP contribution in [-0.4, -0.2) is 48.8 Å². The average Bonchev–Trinajstić information content (AvgIpc) is 2.59. The maximum Gasteiger partial charge on any atom is 0.253 e. The van der Waals surface area contributed by atoms with E-state index in [4.69, 9.17) is 5.73 Å². The van der Waals surface area contributed by atoms with Crippen LogP contribution < -0.4 is 16.4 Å². The zero-order valence-electron chi connectivity index (χ0n) is 14.3. The molecule has 1 aromatic carbocycles. The largest absolute Gasteiger partial charge is 0.355 e. The van der Waals surface area contributed by atoms with Crippen molar-refractivity contribution in [3.05, 3.63) is 29.8 Å². The molecule has 1 aliphatic heterocycles. The van der Waals surface area contributed by atoms with E-state index in [0.717, 1.165) is 12.8 Å². The predicted octanol–water partition coefficient (Wildman–Crippen LogP) is 0.994. The number of nitrogens with one attached hydrogen (secondary N) is 2. The van der Waals surface area contributed by atoms with Crippen molar-refractivity contribution < 1.29 is 14.4 Å². The van der Waals surface area contributed by atoms with Gasteiger partial charge in [-0.05, 0) is 37.1 Å². The fraction of sp³-hybridized carbons (Fsp3) is 0.471. The third-order valence-corrected chi connectivity index (χ3v) is 3.98. The Kier molecular flexibility index (Phi) is 8.37. The lowest BCUT2D eigenvalue weighted by molar-refractivity contribution is -0.126. The SMILES string of the molecule is CC(=O)Nc1ccc(C(=O)N2CCCC(C(=O)NCCN)C2)cc1.Cl. The van der Waals surface area contributed by atoms with E-state index >= 15 is 0 Å². The Balaban J connectivity index is 0.00000312. The second-order valence-corrected chi connectivity index (χ2v) is 5.93. The van der Waals surface area contributed by atoms with Gasteiger partial charge in [0, 0.05) is 44.4 Å². The van der Waals surface area contributed by atoms with Gasteiger partial charge in [-0.15, -0.1) is 12.4 Å². The van der Waals surface area contributed by atoms with Gasteiger partial charge in [-0.25, -0.2) is 0 Å². The van der Waals surface area contributed by atoms with Crippen LogP contribution in [0.1, 0.15) is 30.1 Å². The fourth-order valence-corrected chi connectivity index (χ4v) is 2.80. The van der Waals surface area contributed by atoms with E-state index in [1.54, 1.807) is 29.2 Å². The summed E-state index contributed by atoms with van der Waals surface area (Å²) in [5, 5.41) is 5.45. The smallest absolute Gasteiger partial charge is 0.253 e. The molecule has 138 valence electrons. The number of halogens is 1. The van der Waals surface area contributed by atoms with Crippen LogP contribution >= 0.6 is 12.4 Å². The highest BCUT2D eigenvalue weighted by molar-refractivity contribution is 5.96. The van der Waals surface area contributed by atoms with E-state index in [1.807, 2.05) is 0 Å². The number of carbonyl (C=O) groups excluding carboxylic acids is 3. The number of amides is 3. The summed E-state index contributed by atoms with van der Waals surface area (Å²) in [5.74, 6) is -0.482. The quantitative estimate of drug-likeness (QED) is 0.720. The van der Waals surface area contributed by atoms with E-state index in [-0.39, 0.29) is 36.0 Å². The molecule has 0 aromatic heterocycles. The van der Waals surface area contributed by atoms with Crippen molar-refractivity contribution in [3.63, 3.8) is 0 Å². The fourth-order valence-electron chi connectivity index (χ4n) is 2.80. The van der Waals surface area contributed by atoms with Crippen molar-refractivity contribution >= 4 is 35.8 Å². The molecule has 2 rings (SSSR count). The molecule has 0 aliphatic carbocycles. The van der Waals surface area contributed by atoms with Gasteiger partial charge < -0.3 is 21.3 Å². The molecule has 0 bridgehead atoms. The van der Waals surface area contributed by atoms with Crippen molar-refractivity contribution in [3.8, 4) is 0 Å². The van der Waals surface area contributed by atoms with Crippen molar-refractivity contribution in [1.29, 1.82) is 0 Å². The number of likely N-dealkylation sites (tertiary alicyclic amines) is 1. The van der Waals surface area contributed by atoms with E-state index in [1.165, 1.54) is 6.92 Å². The van der Waals surface area contributed by atoms with E-state index in [2.05, 4.69) is 10.6 Å². The lowest BCUT2D eigenvalue weighted by Crippen LogP contribution is -2.46. The van der Waals surface area contributed by atoms with Crippen LogP contribution in [0.25, 0.3) is 0 Å². The average molecular weight is 369 g/mol. The molecule has 0 saturated carbocycles. The molecule has 3 amide bonds. The summed E-state index contributed by atoms with van der Waals surface area (Å²) in [4.78, 5) is 37.4. The maximum absolute atomic E-state index is 12.6. The molecular weight excluding hydrogens is 344 g/mol. The van der Waals surface area contributed by atoms with Crippen molar-refractivity contribution in [2.75, 3.05) is 31.5 Å². The van der Waals surface area contributed by atoms with E-state index in [9.17, 15) is 14.4 Å². The highest BCUT2D eigenvalue weighted by Crippen LogP contribution is 2.19. The molecule has 1 aliphatic rings. The molecule has 1 atom stereocenters. The van der Waals surface area contributed by atoms with Crippen LogP contribution in [-0.2, 0) is 9.59 Å². The maximum atomic E-state index is 12.6. The van der Waals surface area contributed by atoms with Gasteiger partial charge in [0.2, 0.25) is 11.8 Å². The normalized spacial score (nSPS) is 16.6. The summed E-state index contributed by atoms with van der Waals surface area (Å²) < 4.78 is 0. The summed E-state index contributed by atoms with van der Waals surface area (Å²) in [6.07, 6.45) is 1.58. The van der Waals surface area contributed by atoms with Crippen molar-refractivity contribution in [2.45, 2.75) is 19.8 Å². The summed E-state index contributed by atoms with van der Waals surface area (Å²) >= 11 is 0. The molecule has 4 N–H and O–H groups in total. The first kappa shape index (κ1) is 20.9. The van der Waals surface area contributed by atoms with Gasteiger partial charge in [-0.2, -0.15) is 0 Å². The number of piperidine rings is 1. The molecule has 0 radical (unpaired) electrons. The van der Waals surface area contributed by atoms with Gasteiger partial charge in [-0.3, -0.25) is 14.4 Å². The zero-order chi connectivity index (χ0) is 17.5. The Labute approximate surface area is 153 Å². The number of carbonyl (C=O) groups is 3. The summed E-state index contributed by atoms with van der Waals surface area (Å²) in [5.41, 5.74) is 6.59. The van der Waals surface area contributed by atoms with Gasteiger partial charge >= 0.3 is 0 Å². The summed E-state index contributed by atoms with van der Waals surface area (Å²) in [6.45, 7) is 3.36. The van der Waals surface area contributed by atoms with Gasteiger partial charge in [0.1, 0.15) is 0 Å². The zero-order valence-corrected chi connectivity index (χ0v) is 15.1. The summed E-state index contributed by atoms with van der Waals surface area (Å²) in [6, 6.07) is 6.77. The molecule has 1 heterocycles. The molecule has 7 nitrogen and oxygen atoms in total. The second-order valence-electron chi connectivity index (χ2n) is 5.93. The monoisotopic (exact) mass is 368 g/mol. The third-order valence-electron chi connectivity index (χ3n) is 3.98. The first-order valence-corrected chi connectivity index (χ1v) is 8.16. The number of anilines is 1. The molecule has 1 aromatic rings. The minimum atomic E-state index is -0.187. The number of nitrogens with zero attached hydrogens (tertiary/aromatic N) is 1. The second kappa shape index (κ2) is 10.0. The number of rotatable bonds is 5. The van der Waals surface area contributed by atoms with Crippen LogP contribution in [0.2, 0.25) is 0 Å². The standard InChI is InChI=1S/C17H24N4O3.ClH/c1-12(22)20-15-6-4-13(5-7-15)17(24)21-10-2-3-14(11-21)16(23)19-9-8-18;/h4-7,14H,2-3,8-11,18H2,1H3,(H,19,23)(H,20,22);1H. The van der Waals surface area contributed by atoms with Crippen molar-refractivity contribution in [2.24, 2.45) is 11.7 Å². The van der Waals surface area contributed by atoms with E-state index < -0.39 is 0 Å². The Hall–Kier alpha value is -2.12. The van der Waals surface area contributed by atoms with Gasteiger partial charge in [0.15, 0.2) is 0 Å². The Bertz CT molecular complexity index is 606. The van der Waals surface area contributed by atoms with E-state index in [0.29, 0.717) is 37.4 Å². The van der Waals surface area contributed by atoms with Crippen LogP contribution in [0, 0.1) is 5.92 Å². The molecule has 8 heteroatoms. The number of benzene rings is 1. The molecule has 1 fully saturated rings. The lowest BCUT2D eigenvalue weighted by atomic mass is 9.96. The summed E-state index contributed by atoms with van der Waals surface area (Å²) in [7, 11) is 0. The predicted molar refractivity (Wildman–Crippen MR) is 98.7 cm³/mol. The Morgan fingerprint density at radius 2 is 1.92 bits per heavy atom. The minimum absolute atomic E-state index is 0. The van der Waals surface area contributed by atoms with Gasteiger partial charge in [-0.1, -0.05) is 0 Å². The van der Waals surface area contributed by atoms with Gasteiger partial charge in [0.05, 0.1) is 5.92 Å². The number of hydrogen-bond donors (Lipinski definition) is 3. The topological polar surface area (TPSA) is 105 Å². The molecule has 1 saturated heterocycles. The van der Waals surface area contributed by atoms with Crippen LogP contribution in [0.15, 0.2) is 24.3 Å². The number of hydrogen-bond acceptors (Lipinski definition) is 4. The first-order chi connectivity index (χ1) is 11.5. The van der Waals surface area contributed by atoms with Crippen molar-refractivity contribution in [1.82, 2.24) is 10.2 Å². The lowest BCUT2D eigenvalue weighted by Gasteiger charge is -2.32. The third kappa shape index (κ3) is 6.03. The minimum Gasteiger partial charge on any atom is -0.355 e. The highest BCUT2D eigenvalue weighted by atomic mass is 35.5. The van der Waals surface area contributed by atoms with Crippen LogP contribution in [0.4, 0.5) is 5.69 Å². The first-order valence-electron chi connectivity index (χ1n) is 8.16. The highest BCUT2D eigenvalue weighted by Gasteiger charge is 2.28. The molecule has 0 spiro atoms. The van der Waals surface area contributed by atoms with Crippen LogP contribution in [0.5, 0.6) is 0 Å². The van der Waals surface area contributed by atoms with Gasteiger partial charge in [0.25, 0.3) is 5.91 Å². The molecule has 1 unspecified atom stereocenters. The van der Waals surface area contributed by atoms with Crippen LogP contribution in [0.3, 0.4) is 0 Å².